The van der Waals surface area contributed by atoms with E-state index in [-0.39, 0.29) is 22.8 Å². The topological polar surface area (TPSA) is 97.6 Å². The molecule has 1 aliphatic heterocycles. The van der Waals surface area contributed by atoms with Crippen molar-refractivity contribution in [1.82, 2.24) is 20.4 Å². The number of para-hydroxylation sites is 1. The Morgan fingerprint density at radius 1 is 1.38 bits per heavy atom. The van der Waals surface area contributed by atoms with Crippen molar-refractivity contribution in [2.24, 2.45) is 0 Å². The lowest BCUT2D eigenvalue weighted by Gasteiger charge is -2.15. The summed E-state index contributed by atoms with van der Waals surface area (Å²) in [6, 6.07) is 5.61. The molecule has 10 heteroatoms. The first-order valence-electron chi connectivity index (χ1n) is 7.96. The van der Waals surface area contributed by atoms with Crippen LogP contribution in [0.5, 0.6) is 5.75 Å². The Balaban J connectivity index is 1.61. The van der Waals surface area contributed by atoms with Gasteiger partial charge in [-0.05, 0) is 26.0 Å². The lowest BCUT2D eigenvalue weighted by atomic mass is 10.3. The summed E-state index contributed by atoms with van der Waals surface area (Å²) in [7, 11) is 0. The van der Waals surface area contributed by atoms with Gasteiger partial charge >= 0.3 is 6.03 Å². The van der Waals surface area contributed by atoms with E-state index in [4.69, 9.17) is 9.15 Å². The number of carbonyl (C=O) groups excluding carboxylic acids is 2. The highest BCUT2D eigenvalue weighted by atomic mass is 32.2. The molecule has 0 aliphatic carbocycles. The smallest absolute Gasteiger partial charge is 0.324 e. The summed E-state index contributed by atoms with van der Waals surface area (Å²) >= 11 is 1.05. The fraction of sp³-hybridized carbons (Fsp3) is 0.375. The van der Waals surface area contributed by atoms with Crippen LogP contribution in [0, 0.1) is 5.82 Å². The second-order valence-electron chi connectivity index (χ2n) is 5.58. The summed E-state index contributed by atoms with van der Waals surface area (Å²) < 4.78 is 24.6. The van der Waals surface area contributed by atoms with Crippen LogP contribution in [-0.2, 0) is 4.79 Å². The third kappa shape index (κ3) is 3.96. The molecule has 1 saturated heterocycles. The SMILES string of the molecule is C[C@H](Oc1ccccc1F)c1nnc(S[C@H](C)C(=O)N2CCNC2=O)o1. The van der Waals surface area contributed by atoms with Crippen molar-refractivity contribution < 1.29 is 23.1 Å². The lowest BCUT2D eigenvalue weighted by Crippen LogP contribution is -2.38. The number of benzene rings is 1. The van der Waals surface area contributed by atoms with Gasteiger partial charge in [-0.1, -0.05) is 23.9 Å². The van der Waals surface area contributed by atoms with E-state index in [0.29, 0.717) is 13.1 Å². The van der Waals surface area contributed by atoms with Gasteiger partial charge in [-0.25, -0.2) is 9.18 Å². The van der Waals surface area contributed by atoms with Gasteiger partial charge in [0, 0.05) is 13.1 Å². The summed E-state index contributed by atoms with van der Waals surface area (Å²) in [5, 5.41) is 9.92. The molecule has 2 aromatic rings. The highest BCUT2D eigenvalue weighted by Crippen LogP contribution is 2.28. The normalized spacial score (nSPS) is 16.3. The fourth-order valence-corrected chi connectivity index (χ4v) is 3.07. The Morgan fingerprint density at radius 3 is 2.85 bits per heavy atom. The minimum Gasteiger partial charge on any atom is -0.478 e. The molecule has 138 valence electrons. The van der Waals surface area contributed by atoms with Crippen LogP contribution >= 0.6 is 11.8 Å². The number of aromatic nitrogens is 2. The number of hydrogen-bond donors (Lipinski definition) is 1. The first-order valence-corrected chi connectivity index (χ1v) is 8.84. The summed E-state index contributed by atoms with van der Waals surface area (Å²) in [4.78, 5) is 25.0. The van der Waals surface area contributed by atoms with Gasteiger partial charge in [0.05, 0.1) is 5.25 Å². The van der Waals surface area contributed by atoms with E-state index < -0.39 is 23.2 Å². The van der Waals surface area contributed by atoms with Crippen molar-refractivity contribution in [3.8, 4) is 5.75 Å². The number of amides is 3. The Morgan fingerprint density at radius 2 is 2.15 bits per heavy atom. The maximum Gasteiger partial charge on any atom is 0.324 e. The van der Waals surface area contributed by atoms with Crippen molar-refractivity contribution in [2.75, 3.05) is 13.1 Å². The molecule has 0 radical (unpaired) electrons. The number of ether oxygens (including phenoxy) is 1. The second kappa shape index (κ2) is 7.73. The highest BCUT2D eigenvalue weighted by molar-refractivity contribution is 8.00. The van der Waals surface area contributed by atoms with Gasteiger partial charge in [0.25, 0.3) is 11.1 Å². The molecule has 1 aromatic carbocycles. The minimum atomic E-state index is -0.663. The van der Waals surface area contributed by atoms with E-state index in [9.17, 15) is 14.0 Å². The Labute approximate surface area is 153 Å². The van der Waals surface area contributed by atoms with Crippen LogP contribution in [0.1, 0.15) is 25.8 Å². The number of urea groups is 1. The third-order valence-corrected chi connectivity index (χ3v) is 4.58. The number of imide groups is 1. The number of carbonyl (C=O) groups is 2. The highest BCUT2D eigenvalue weighted by Gasteiger charge is 2.31. The maximum absolute atomic E-state index is 13.6. The summed E-state index contributed by atoms with van der Waals surface area (Å²) in [6.07, 6.45) is -0.663. The molecule has 1 aromatic heterocycles. The zero-order valence-corrected chi connectivity index (χ0v) is 15.0. The van der Waals surface area contributed by atoms with Crippen LogP contribution in [-0.4, -0.2) is 45.4 Å². The molecule has 2 heterocycles. The molecular formula is C16H17FN4O4S. The average molecular weight is 380 g/mol. The molecule has 3 rings (SSSR count). The molecule has 1 fully saturated rings. The predicted molar refractivity (Wildman–Crippen MR) is 90.2 cm³/mol. The zero-order valence-electron chi connectivity index (χ0n) is 14.1. The van der Waals surface area contributed by atoms with E-state index in [1.54, 1.807) is 26.0 Å². The van der Waals surface area contributed by atoms with Crippen LogP contribution in [0.2, 0.25) is 0 Å². The van der Waals surface area contributed by atoms with E-state index in [1.165, 1.54) is 12.1 Å². The van der Waals surface area contributed by atoms with Crippen LogP contribution in [0.25, 0.3) is 0 Å². The second-order valence-corrected chi connectivity index (χ2v) is 6.87. The van der Waals surface area contributed by atoms with Gasteiger partial charge in [-0.2, -0.15) is 0 Å². The van der Waals surface area contributed by atoms with Crippen molar-refractivity contribution in [1.29, 1.82) is 0 Å². The third-order valence-electron chi connectivity index (χ3n) is 3.66. The standard InChI is InChI=1S/C16H17FN4O4S/c1-9(24-12-6-4-3-5-11(12)17)13-19-20-16(25-13)26-10(2)14(22)21-8-7-18-15(21)23/h3-6,9-10H,7-8H2,1-2H3,(H,18,23)/t9-,10+/m0/s1. The summed E-state index contributed by atoms with van der Waals surface area (Å²) in [6.45, 7) is 4.09. The van der Waals surface area contributed by atoms with Crippen molar-refractivity contribution in [3.63, 3.8) is 0 Å². The minimum absolute atomic E-state index is 0.0796. The van der Waals surface area contributed by atoms with Crippen LogP contribution in [0.3, 0.4) is 0 Å². The maximum atomic E-state index is 13.6. The van der Waals surface area contributed by atoms with Gasteiger partial charge < -0.3 is 14.5 Å². The summed E-state index contributed by atoms with van der Waals surface area (Å²) in [5.74, 6) is -0.581. The number of halogens is 1. The van der Waals surface area contributed by atoms with E-state index >= 15 is 0 Å². The van der Waals surface area contributed by atoms with Crippen LogP contribution < -0.4 is 10.1 Å². The summed E-state index contributed by atoms with van der Waals surface area (Å²) in [5.41, 5.74) is 0. The molecule has 1 aliphatic rings. The first-order chi connectivity index (χ1) is 12.5. The molecule has 0 unspecified atom stereocenters. The number of nitrogens with zero attached hydrogens (tertiary/aromatic N) is 3. The monoisotopic (exact) mass is 380 g/mol. The van der Waals surface area contributed by atoms with Crippen LogP contribution in [0.4, 0.5) is 9.18 Å². The Bertz CT molecular complexity index is 815. The van der Waals surface area contributed by atoms with Crippen molar-refractivity contribution in [3.05, 3.63) is 36.0 Å². The molecule has 26 heavy (non-hydrogen) atoms. The predicted octanol–water partition coefficient (Wildman–Crippen LogP) is 2.38. The Hall–Kier alpha value is -2.62. The number of hydrogen-bond acceptors (Lipinski definition) is 7. The van der Waals surface area contributed by atoms with E-state index in [0.717, 1.165) is 16.7 Å². The van der Waals surface area contributed by atoms with Crippen molar-refractivity contribution in [2.45, 2.75) is 30.4 Å². The number of nitrogens with one attached hydrogen (secondary N) is 1. The van der Waals surface area contributed by atoms with Gasteiger partial charge in [-0.15, -0.1) is 10.2 Å². The first kappa shape index (κ1) is 18.2. The quantitative estimate of drug-likeness (QED) is 0.769. The van der Waals surface area contributed by atoms with Crippen molar-refractivity contribution >= 4 is 23.7 Å². The molecule has 1 N–H and O–H groups in total. The molecule has 0 bridgehead atoms. The Kier molecular flexibility index (Phi) is 5.40. The van der Waals surface area contributed by atoms with Gasteiger partial charge in [0.15, 0.2) is 17.7 Å². The molecule has 3 amide bonds. The average Bonchev–Trinajstić information content (AvgIpc) is 3.25. The molecule has 0 saturated carbocycles. The van der Waals surface area contributed by atoms with Crippen LogP contribution in [0.15, 0.2) is 33.9 Å². The number of thioether (sulfide) groups is 1. The molecule has 2 atom stereocenters. The number of rotatable bonds is 6. The molecule has 0 spiro atoms. The molecule has 8 nitrogen and oxygen atoms in total. The fourth-order valence-electron chi connectivity index (χ4n) is 2.32. The van der Waals surface area contributed by atoms with E-state index in [2.05, 4.69) is 15.5 Å². The van der Waals surface area contributed by atoms with Gasteiger partial charge in [0.2, 0.25) is 5.91 Å². The van der Waals surface area contributed by atoms with Gasteiger partial charge in [-0.3, -0.25) is 9.69 Å². The lowest BCUT2D eigenvalue weighted by molar-refractivity contribution is -0.126. The zero-order chi connectivity index (χ0) is 18.7. The molecular weight excluding hydrogens is 363 g/mol. The largest absolute Gasteiger partial charge is 0.478 e. The van der Waals surface area contributed by atoms with Gasteiger partial charge in [0.1, 0.15) is 0 Å². The van der Waals surface area contributed by atoms with E-state index in [1.807, 2.05) is 0 Å².